The van der Waals surface area contributed by atoms with Gasteiger partial charge in [-0.15, -0.1) is 10.2 Å². The van der Waals surface area contributed by atoms with Gasteiger partial charge in [0, 0.05) is 17.8 Å². The third kappa shape index (κ3) is 2.93. The van der Waals surface area contributed by atoms with Gasteiger partial charge in [0.05, 0.1) is 11.6 Å². The molecule has 1 unspecified atom stereocenters. The molecular weight excluding hydrogens is 276 g/mol. The molecule has 0 radical (unpaired) electrons. The van der Waals surface area contributed by atoms with Crippen molar-refractivity contribution in [3.8, 4) is 0 Å². The summed E-state index contributed by atoms with van der Waals surface area (Å²) in [5.74, 6) is -0.236. The Kier molecular flexibility index (Phi) is 3.78. The SMILES string of the molecule is Cc1ccc2nnc(C(=O)NC(C)c3ccncc3)cc2c1. The van der Waals surface area contributed by atoms with Gasteiger partial charge in [-0.1, -0.05) is 11.6 Å². The molecule has 2 aromatic heterocycles. The van der Waals surface area contributed by atoms with Crippen molar-refractivity contribution in [2.24, 2.45) is 0 Å². The van der Waals surface area contributed by atoms with E-state index in [1.165, 1.54) is 0 Å². The van der Waals surface area contributed by atoms with Crippen LogP contribution in [-0.2, 0) is 0 Å². The number of aromatic nitrogens is 3. The maximum absolute atomic E-state index is 12.3. The molecule has 0 fully saturated rings. The van der Waals surface area contributed by atoms with Crippen LogP contribution < -0.4 is 5.32 Å². The standard InChI is InChI=1S/C17H16N4O/c1-11-3-4-15-14(9-11)10-16(21-20-15)17(22)19-12(2)13-5-7-18-8-6-13/h3-10,12H,1-2H3,(H,19,22). The predicted octanol–water partition coefficient (Wildman–Crippen LogP) is 2.82. The van der Waals surface area contributed by atoms with E-state index in [0.717, 1.165) is 22.0 Å². The predicted molar refractivity (Wildman–Crippen MR) is 84.4 cm³/mol. The number of amides is 1. The highest BCUT2D eigenvalue weighted by atomic mass is 16.2. The third-order valence-corrected chi connectivity index (χ3v) is 3.53. The summed E-state index contributed by atoms with van der Waals surface area (Å²) >= 11 is 0. The fraction of sp³-hybridized carbons (Fsp3) is 0.176. The second-order valence-corrected chi connectivity index (χ2v) is 5.27. The van der Waals surface area contributed by atoms with Crippen LogP contribution in [0.4, 0.5) is 0 Å². The molecule has 0 spiro atoms. The average Bonchev–Trinajstić information content (AvgIpc) is 2.54. The topological polar surface area (TPSA) is 67.8 Å². The summed E-state index contributed by atoms with van der Waals surface area (Å²) in [6, 6.07) is 11.3. The van der Waals surface area contributed by atoms with E-state index in [1.54, 1.807) is 18.5 Å². The summed E-state index contributed by atoms with van der Waals surface area (Å²) in [5, 5.41) is 11.9. The van der Waals surface area contributed by atoms with Crippen LogP contribution in [0.2, 0.25) is 0 Å². The summed E-state index contributed by atoms with van der Waals surface area (Å²) in [6.45, 7) is 3.93. The van der Waals surface area contributed by atoms with Crippen LogP contribution in [-0.4, -0.2) is 21.1 Å². The maximum atomic E-state index is 12.3. The first-order valence-corrected chi connectivity index (χ1v) is 7.08. The Morgan fingerprint density at radius 2 is 1.86 bits per heavy atom. The van der Waals surface area contributed by atoms with Crippen molar-refractivity contribution < 1.29 is 4.79 Å². The Hall–Kier alpha value is -2.82. The highest BCUT2D eigenvalue weighted by Gasteiger charge is 2.13. The number of hydrogen-bond donors (Lipinski definition) is 1. The van der Waals surface area contributed by atoms with Crippen LogP contribution >= 0.6 is 0 Å². The van der Waals surface area contributed by atoms with Crippen LogP contribution in [0.5, 0.6) is 0 Å². The van der Waals surface area contributed by atoms with Gasteiger partial charge in [0.25, 0.3) is 5.91 Å². The minimum absolute atomic E-state index is 0.120. The van der Waals surface area contributed by atoms with Crippen LogP contribution in [0.15, 0.2) is 48.8 Å². The second-order valence-electron chi connectivity index (χ2n) is 5.27. The van der Waals surface area contributed by atoms with Crippen molar-refractivity contribution in [1.82, 2.24) is 20.5 Å². The quantitative estimate of drug-likeness (QED) is 0.806. The average molecular weight is 292 g/mol. The number of aryl methyl sites for hydroxylation is 1. The molecule has 2 heterocycles. The molecule has 1 N–H and O–H groups in total. The first kappa shape index (κ1) is 14.1. The van der Waals surface area contributed by atoms with E-state index in [4.69, 9.17) is 0 Å². The molecule has 1 amide bonds. The number of nitrogens with one attached hydrogen (secondary N) is 1. The van der Waals surface area contributed by atoms with Crippen molar-refractivity contribution in [1.29, 1.82) is 0 Å². The molecule has 1 atom stereocenters. The molecule has 0 aliphatic rings. The van der Waals surface area contributed by atoms with E-state index >= 15 is 0 Å². The normalized spacial score (nSPS) is 12.1. The monoisotopic (exact) mass is 292 g/mol. The van der Waals surface area contributed by atoms with Gasteiger partial charge in [-0.05, 0) is 49.7 Å². The Bertz CT molecular complexity index is 817. The largest absolute Gasteiger partial charge is 0.344 e. The molecular formula is C17H16N4O. The van der Waals surface area contributed by atoms with Gasteiger partial charge in [0.1, 0.15) is 0 Å². The van der Waals surface area contributed by atoms with E-state index < -0.39 is 0 Å². The van der Waals surface area contributed by atoms with Crippen LogP contribution in [0.1, 0.15) is 34.6 Å². The Labute approximate surface area is 128 Å². The lowest BCUT2D eigenvalue weighted by Crippen LogP contribution is -2.27. The second kappa shape index (κ2) is 5.89. The number of hydrogen-bond acceptors (Lipinski definition) is 4. The lowest BCUT2D eigenvalue weighted by atomic mass is 10.1. The van der Waals surface area contributed by atoms with Gasteiger partial charge < -0.3 is 5.32 Å². The van der Waals surface area contributed by atoms with E-state index in [9.17, 15) is 4.79 Å². The lowest BCUT2D eigenvalue weighted by molar-refractivity contribution is 0.0934. The zero-order valence-electron chi connectivity index (χ0n) is 12.4. The number of rotatable bonds is 3. The van der Waals surface area contributed by atoms with Crippen molar-refractivity contribution in [2.75, 3.05) is 0 Å². The molecule has 5 nitrogen and oxygen atoms in total. The lowest BCUT2D eigenvalue weighted by Gasteiger charge is -2.13. The summed E-state index contributed by atoms with van der Waals surface area (Å²) in [6.07, 6.45) is 3.41. The van der Waals surface area contributed by atoms with Gasteiger partial charge in [-0.25, -0.2) is 0 Å². The third-order valence-electron chi connectivity index (χ3n) is 3.53. The molecule has 3 rings (SSSR count). The van der Waals surface area contributed by atoms with Gasteiger partial charge in [0.15, 0.2) is 5.69 Å². The molecule has 3 aromatic rings. The zero-order valence-corrected chi connectivity index (χ0v) is 12.4. The Morgan fingerprint density at radius 1 is 1.09 bits per heavy atom. The number of nitrogens with zero attached hydrogens (tertiary/aromatic N) is 3. The fourth-order valence-electron chi connectivity index (χ4n) is 2.28. The Morgan fingerprint density at radius 3 is 2.64 bits per heavy atom. The number of carbonyl (C=O) groups excluding carboxylic acids is 1. The first-order valence-electron chi connectivity index (χ1n) is 7.08. The minimum Gasteiger partial charge on any atom is -0.344 e. The Balaban J connectivity index is 1.83. The minimum atomic E-state index is -0.236. The van der Waals surface area contributed by atoms with Crippen molar-refractivity contribution in [2.45, 2.75) is 19.9 Å². The van der Waals surface area contributed by atoms with E-state index in [1.807, 2.05) is 44.2 Å². The van der Waals surface area contributed by atoms with Crippen molar-refractivity contribution >= 4 is 16.8 Å². The molecule has 0 aliphatic carbocycles. The van der Waals surface area contributed by atoms with Gasteiger partial charge >= 0.3 is 0 Å². The molecule has 0 saturated heterocycles. The highest BCUT2D eigenvalue weighted by molar-refractivity contribution is 5.95. The van der Waals surface area contributed by atoms with Gasteiger partial charge in [0.2, 0.25) is 0 Å². The smallest absolute Gasteiger partial charge is 0.272 e. The maximum Gasteiger partial charge on any atom is 0.272 e. The summed E-state index contributed by atoms with van der Waals surface area (Å²) in [5.41, 5.74) is 3.22. The molecule has 0 saturated carbocycles. The number of carbonyl (C=O) groups is 1. The summed E-state index contributed by atoms with van der Waals surface area (Å²) in [4.78, 5) is 16.3. The number of fused-ring (bicyclic) bond motifs is 1. The van der Waals surface area contributed by atoms with Crippen LogP contribution in [0.3, 0.4) is 0 Å². The van der Waals surface area contributed by atoms with Gasteiger partial charge in [-0.3, -0.25) is 9.78 Å². The molecule has 22 heavy (non-hydrogen) atoms. The molecule has 0 aliphatic heterocycles. The molecule has 1 aromatic carbocycles. The summed E-state index contributed by atoms with van der Waals surface area (Å²) < 4.78 is 0. The molecule has 5 heteroatoms. The summed E-state index contributed by atoms with van der Waals surface area (Å²) in [7, 11) is 0. The number of benzene rings is 1. The van der Waals surface area contributed by atoms with Crippen molar-refractivity contribution in [3.63, 3.8) is 0 Å². The number of pyridine rings is 1. The molecule has 110 valence electrons. The first-order chi connectivity index (χ1) is 10.6. The molecule has 0 bridgehead atoms. The van der Waals surface area contributed by atoms with E-state index in [-0.39, 0.29) is 11.9 Å². The van der Waals surface area contributed by atoms with E-state index in [0.29, 0.717) is 5.69 Å². The zero-order chi connectivity index (χ0) is 15.5. The van der Waals surface area contributed by atoms with Crippen molar-refractivity contribution in [3.05, 3.63) is 65.6 Å². The fourth-order valence-corrected chi connectivity index (χ4v) is 2.28. The van der Waals surface area contributed by atoms with Crippen LogP contribution in [0.25, 0.3) is 10.9 Å². The van der Waals surface area contributed by atoms with Crippen LogP contribution in [0, 0.1) is 6.92 Å². The van der Waals surface area contributed by atoms with E-state index in [2.05, 4.69) is 20.5 Å². The highest BCUT2D eigenvalue weighted by Crippen LogP contribution is 2.15. The van der Waals surface area contributed by atoms with Gasteiger partial charge in [-0.2, -0.15) is 0 Å².